The number of carbonyl (C=O) groups excluding carboxylic acids is 1. The molecule has 3 heterocycles. The van der Waals surface area contributed by atoms with Crippen LogP contribution in [0, 0.1) is 0 Å². The zero-order valence-corrected chi connectivity index (χ0v) is 14.6. The monoisotopic (exact) mass is 336 g/mol. The van der Waals surface area contributed by atoms with Gasteiger partial charge in [-0.25, -0.2) is 9.67 Å². The van der Waals surface area contributed by atoms with Gasteiger partial charge in [0, 0.05) is 29.9 Å². The van der Waals surface area contributed by atoms with Gasteiger partial charge in [-0.15, -0.1) is 0 Å². The Bertz CT molecular complexity index is 961. The first-order valence-corrected chi connectivity index (χ1v) is 8.40. The second kappa shape index (κ2) is 5.88. The molecule has 1 aliphatic rings. The minimum atomic E-state index is -0.0318. The number of fused-ring (bicyclic) bond motifs is 2. The Kier molecular flexibility index (Phi) is 3.67. The summed E-state index contributed by atoms with van der Waals surface area (Å²) in [5.74, 6) is 0.785. The second-order valence-corrected chi connectivity index (χ2v) is 6.52. The number of carbonyl (C=O) groups is 1. The average molecular weight is 336 g/mol. The summed E-state index contributed by atoms with van der Waals surface area (Å²) >= 11 is 0. The number of anilines is 1. The molecular weight excluding hydrogens is 316 g/mol. The topological polar surface area (TPSA) is 60.2 Å². The van der Waals surface area contributed by atoms with E-state index in [0.29, 0.717) is 12.1 Å². The van der Waals surface area contributed by atoms with Crippen LogP contribution < -0.4 is 9.64 Å². The highest BCUT2D eigenvalue weighted by Crippen LogP contribution is 2.32. The fraction of sp³-hybridized carbons (Fsp3) is 0.316. The Morgan fingerprint density at radius 2 is 2.08 bits per heavy atom. The minimum absolute atomic E-state index is 0.0318. The lowest BCUT2D eigenvalue weighted by molar-refractivity contribution is 0.0989. The third kappa shape index (κ3) is 2.54. The first-order chi connectivity index (χ1) is 12.1. The van der Waals surface area contributed by atoms with E-state index in [2.05, 4.69) is 23.9 Å². The Morgan fingerprint density at radius 1 is 1.24 bits per heavy atom. The highest BCUT2D eigenvalue weighted by molar-refractivity contribution is 6.08. The molecule has 0 N–H and O–H groups in total. The molecule has 0 saturated carbocycles. The third-order valence-electron chi connectivity index (χ3n) is 4.60. The normalized spacial score (nSPS) is 13.5. The van der Waals surface area contributed by atoms with Crippen molar-refractivity contribution in [2.24, 2.45) is 0 Å². The second-order valence-electron chi connectivity index (χ2n) is 6.52. The molecule has 1 amide bonds. The zero-order valence-electron chi connectivity index (χ0n) is 14.6. The molecular formula is C19H20N4O2. The summed E-state index contributed by atoms with van der Waals surface area (Å²) in [5, 5.41) is 5.25. The van der Waals surface area contributed by atoms with Crippen molar-refractivity contribution in [3.05, 3.63) is 47.8 Å². The third-order valence-corrected chi connectivity index (χ3v) is 4.60. The van der Waals surface area contributed by atoms with Gasteiger partial charge < -0.3 is 9.64 Å². The maximum Gasteiger partial charge on any atom is 0.259 e. The van der Waals surface area contributed by atoms with E-state index < -0.39 is 0 Å². The first kappa shape index (κ1) is 15.6. The van der Waals surface area contributed by atoms with Crippen molar-refractivity contribution in [1.29, 1.82) is 0 Å². The molecule has 6 heteroatoms. The largest absolute Gasteiger partial charge is 0.497 e. The smallest absolute Gasteiger partial charge is 0.259 e. The SMILES string of the molecule is COc1ccc2c(c1)CCN2C(=O)c1cnc2c(cnn2C(C)C)c1. The number of hydrogen-bond donors (Lipinski definition) is 0. The predicted octanol–water partition coefficient (Wildman–Crippen LogP) is 3.22. The van der Waals surface area contributed by atoms with E-state index in [1.807, 2.05) is 33.8 Å². The molecule has 0 radical (unpaired) electrons. The van der Waals surface area contributed by atoms with E-state index in [4.69, 9.17) is 4.74 Å². The number of aromatic nitrogens is 3. The van der Waals surface area contributed by atoms with Crippen molar-refractivity contribution in [3.8, 4) is 5.75 Å². The molecule has 6 nitrogen and oxygen atoms in total. The van der Waals surface area contributed by atoms with Crippen LogP contribution in [-0.4, -0.2) is 34.3 Å². The molecule has 0 spiro atoms. The molecule has 128 valence electrons. The zero-order chi connectivity index (χ0) is 17.6. The molecule has 4 rings (SSSR count). The van der Waals surface area contributed by atoms with Crippen LogP contribution >= 0.6 is 0 Å². The summed E-state index contributed by atoms with van der Waals surface area (Å²) in [4.78, 5) is 19.3. The van der Waals surface area contributed by atoms with Gasteiger partial charge in [0.15, 0.2) is 5.65 Å². The summed E-state index contributed by atoms with van der Waals surface area (Å²) in [6.07, 6.45) is 4.24. The van der Waals surface area contributed by atoms with E-state index in [-0.39, 0.29) is 11.9 Å². The fourth-order valence-corrected chi connectivity index (χ4v) is 3.31. The highest BCUT2D eigenvalue weighted by atomic mass is 16.5. The van der Waals surface area contributed by atoms with Crippen LogP contribution in [0.1, 0.15) is 35.8 Å². The Morgan fingerprint density at radius 3 is 2.84 bits per heavy atom. The van der Waals surface area contributed by atoms with Gasteiger partial charge in [-0.05, 0) is 50.1 Å². The van der Waals surface area contributed by atoms with Crippen LogP contribution in [0.4, 0.5) is 5.69 Å². The lowest BCUT2D eigenvalue weighted by atomic mass is 10.1. The Balaban J connectivity index is 1.67. The molecule has 2 aromatic heterocycles. The molecule has 0 fully saturated rings. The lowest BCUT2D eigenvalue weighted by Gasteiger charge is -2.17. The summed E-state index contributed by atoms with van der Waals surface area (Å²) in [5.41, 5.74) is 3.47. The van der Waals surface area contributed by atoms with Crippen LogP contribution in [0.2, 0.25) is 0 Å². The summed E-state index contributed by atoms with van der Waals surface area (Å²) in [6, 6.07) is 7.93. The van der Waals surface area contributed by atoms with Crippen molar-refractivity contribution in [2.45, 2.75) is 26.3 Å². The average Bonchev–Trinajstić information content (AvgIpc) is 3.23. The van der Waals surface area contributed by atoms with Crippen LogP contribution in [0.5, 0.6) is 5.75 Å². The Hall–Kier alpha value is -2.89. The highest BCUT2D eigenvalue weighted by Gasteiger charge is 2.26. The quantitative estimate of drug-likeness (QED) is 0.737. The molecule has 1 aliphatic heterocycles. The summed E-state index contributed by atoms with van der Waals surface area (Å²) < 4.78 is 7.13. The van der Waals surface area contributed by atoms with Gasteiger partial charge in [0.1, 0.15) is 5.75 Å². The van der Waals surface area contributed by atoms with Crippen LogP contribution in [0.3, 0.4) is 0 Å². The molecule has 3 aromatic rings. The molecule has 25 heavy (non-hydrogen) atoms. The van der Waals surface area contributed by atoms with Gasteiger partial charge in [-0.1, -0.05) is 0 Å². The van der Waals surface area contributed by atoms with Gasteiger partial charge in [-0.2, -0.15) is 5.10 Å². The number of ether oxygens (including phenoxy) is 1. The van der Waals surface area contributed by atoms with Crippen LogP contribution in [-0.2, 0) is 6.42 Å². The van der Waals surface area contributed by atoms with Gasteiger partial charge in [0.25, 0.3) is 5.91 Å². The molecule has 0 unspecified atom stereocenters. The molecule has 1 aromatic carbocycles. The van der Waals surface area contributed by atoms with Gasteiger partial charge in [0.05, 0.1) is 18.9 Å². The van der Waals surface area contributed by atoms with Crippen molar-refractivity contribution in [2.75, 3.05) is 18.6 Å². The lowest BCUT2D eigenvalue weighted by Crippen LogP contribution is -2.28. The van der Waals surface area contributed by atoms with E-state index in [1.54, 1.807) is 19.5 Å². The molecule has 0 bridgehead atoms. The minimum Gasteiger partial charge on any atom is -0.497 e. The van der Waals surface area contributed by atoms with E-state index >= 15 is 0 Å². The van der Waals surface area contributed by atoms with Crippen molar-refractivity contribution in [3.63, 3.8) is 0 Å². The van der Waals surface area contributed by atoms with E-state index in [0.717, 1.165) is 34.5 Å². The van der Waals surface area contributed by atoms with Gasteiger partial charge in [-0.3, -0.25) is 4.79 Å². The van der Waals surface area contributed by atoms with Crippen molar-refractivity contribution in [1.82, 2.24) is 14.8 Å². The number of hydrogen-bond acceptors (Lipinski definition) is 4. The van der Waals surface area contributed by atoms with Gasteiger partial charge >= 0.3 is 0 Å². The van der Waals surface area contributed by atoms with Crippen LogP contribution in [0.25, 0.3) is 11.0 Å². The maximum atomic E-state index is 13.0. The summed E-state index contributed by atoms with van der Waals surface area (Å²) in [7, 11) is 1.65. The number of rotatable bonds is 3. The number of pyridine rings is 1. The van der Waals surface area contributed by atoms with Crippen molar-refractivity contribution < 1.29 is 9.53 Å². The number of methoxy groups -OCH3 is 1. The Labute approximate surface area is 146 Å². The number of benzene rings is 1. The molecule has 0 atom stereocenters. The predicted molar refractivity (Wildman–Crippen MR) is 96.3 cm³/mol. The standard InChI is InChI=1S/C19H20N4O2/c1-12(2)23-18-14(11-21-23)8-15(10-20-18)19(24)22-7-6-13-9-16(25-3)4-5-17(13)22/h4-5,8-12H,6-7H2,1-3H3. The molecule has 0 aliphatic carbocycles. The number of nitrogens with zero attached hydrogens (tertiary/aromatic N) is 4. The van der Waals surface area contributed by atoms with E-state index in [1.165, 1.54) is 0 Å². The molecule has 0 saturated heterocycles. The van der Waals surface area contributed by atoms with E-state index in [9.17, 15) is 4.79 Å². The maximum absolute atomic E-state index is 13.0. The number of amides is 1. The summed E-state index contributed by atoms with van der Waals surface area (Å²) in [6.45, 7) is 4.79. The fourth-order valence-electron chi connectivity index (χ4n) is 3.31. The van der Waals surface area contributed by atoms with Gasteiger partial charge in [0.2, 0.25) is 0 Å². The van der Waals surface area contributed by atoms with Crippen LogP contribution in [0.15, 0.2) is 36.7 Å². The van der Waals surface area contributed by atoms with Crippen molar-refractivity contribution >= 4 is 22.6 Å². The first-order valence-electron chi connectivity index (χ1n) is 8.40.